The summed E-state index contributed by atoms with van der Waals surface area (Å²) in [5.74, 6) is 0.484. The number of aromatic amines is 1. The van der Waals surface area contributed by atoms with Gasteiger partial charge < -0.3 is 20.0 Å². The Labute approximate surface area is 197 Å². The summed E-state index contributed by atoms with van der Waals surface area (Å²) in [5.41, 5.74) is 1.88. The lowest BCUT2D eigenvalue weighted by Crippen LogP contribution is -2.29. The van der Waals surface area contributed by atoms with E-state index >= 15 is 0 Å². The van der Waals surface area contributed by atoms with Crippen LogP contribution in [0.25, 0.3) is 22.0 Å². The standard InChI is InChI=1S/C25H28N6O3/c1-16-30-31-25(34-16)24(33)29-20(10-4-3-5-11-22(32)26-2)23-27-15-21(28-23)19-13-12-17-8-6-7-9-18(17)14-19/h6-9,12-15,20H,3-5,10-11H2,1-2H3,(H,26,32)(H,27,28)(H,29,33)/t20-/m0/s1. The summed E-state index contributed by atoms with van der Waals surface area (Å²) >= 11 is 0. The minimum Gasteiger partial charge on any atom is -0.417 e. The first-order valence-corrected chi connectivity index (χ1v) is 11.4. The van der Waals surface area contributed by atoms with Crippen molar-refractivity contribution in [3.8, 4) is 11.3 Å². The van der Waals surface area contributed by atoms with Gasteiger partial charge in [-0.15, -0.1) is 10.2 Å². The Bertz CT molecular complexity index is 1280. The number of carbonyl (C=O) groups is 2. The first-order valence-electron chi connectivity index (χ1n) is 11.4. The van der Waals surface area contributed by atoms with Gasteiger partial charge >= 0.3 is 11.8 Å². The Kier molecular flexibility index (Phi) is 7.31. The second-order valence-corrected chi connectivity index (χ2v) is 8.17. The molecule has 2 heterocycles. The molecule has 0 aliphatic carbocycles. The van der Waals surface area contributed by atoms with Gasteiger partial charge in [-0.3, -0.25) is 9.59 Å². The van der Waals surface area contributed by atoms with Gasteiger partial charge in [0.05, 0.1) is 17.9 Å². The van der Waals surface area contributed by atoms with Crippen molar-refractivity contribution in [1.82, 2.24) is 30.8 Å². The van der Waals surface area contributed by atoms with Crippen LogP contribution in [0.3, 0.4) is 0 Å². The number of rotatable bonds is 10. The fourth-order valence-electron chi connectivity index (χ4n) is 3.84. The summed E-state index contributed by atoms with van der Waals surface area (Å²) in [6.45, 7) is 1.64. The lowest BCUT2D eigenvalue weighted by Gasteiger charge is -2.15. The number of imidazole rings is 1. The lowest BCUT2D eigenvalue weighted by molar-refractivity contribution is -0.120. The Morgan fingerprint density at radius 1 is 1.06 bits per heavy atom. The molecule has 4 rings (SSSR count). The minimum atomic E-state index is -0.445. The molecule has 0 aliphatic heterocycles. The molecule has 4 aromatic rings. The number of unbranched alkanes of at least 4 members (excludes halogenated alkanes) is 2. The van der Waals surface area contributed by atoms with Crippen molar-refractivity contribution in [2.45, 2.75) is 45.1 Å². The van der Waals surface area contributed by atoms with Crippen LogP contribution >= 0.6 is 0 Å². The highest BCUT2D eigenvalue weighted by Crippen LogP contribution is 2.26. The summed E-state index contributed by atoms with van der Waals surface area (Å²) in [4.78, 5) is 32.1. The molecule has 0 unspecified atom stereocenters. The van der Waals surface area contributed by atoms with E-state index in [4.69, 9.17) is 4.42 Å². The maximum Gasteiger partial charge on any atom is 0.309 e. The average Bonchev–Trinajstić information content (AvgIpc) is 3.52. The maximum absolute atomic E-state index is 12.7. The van der Waals surface area contributed by atoms with Crippen LogP contribution in [0.1, 0.15) is 60.5 Å². The van der Waals surface area contributed by atoms with Gasteiger partial charge in [0.25, 0.3) is 0 Å². The number of nitrogens with one attached hydrogen (secondary N) is 3. The highest BCUT2D eigenvalue weighted by atomic mass is 16.4. The van der Waals surface area contributed by atoms with Crippen molar-refractivity contribution >= 4 is 22.6 Å². The molecule has 176 valence electrons. The number of hydrogen-bond acceptors (Lipinski definition) is 6. The second kappa shape index (κ2) is 10.7. The summed E-state index contributed by atoms with van der Waals surface area (Å²) in [5, 5.41) is 15.4. The number of aromatic nitrogens is 4. The number of fused-ring (bicyclic) bond motifs is 1. The maximum atomic E-state index is 12.7. The van der Waals surface area contributed by atoms with Crippen LogP contribution in [0.2, 0.25) is 0 Å². The number of aryl methyl sites for hydroxylation is 1. The largest absolute Gasteiger partial charge is 0.417 e. The van der Waals surface area contributed by atoms with Gasteiger partial charge in [0.1, 0.15) is 5.82 Å². The minimum absolute atomic E-state index is 0.0303. The van der Waals surface area contributed by atoms with Crippen LogP contribution in [-0.2, 0) is 4.79 Å². The molecule has 0 saturated heterocycles. The predicted molar refractivity (Wildman–Crippen MR) is 128 cm³/mol. The highest BCUT2D eigenvalue weighted by molar-refractivity contribution is 5.89. The van der Waals surface area contributed by atoms with Crippen LogP contribution in [0.4, 0.5) is 0 Å². The predicted octanol–water partition coefficient (Wildman–Crippen LogP) is 4.09. The van der Waals surface area contributed by atoms with E-state index in [1.165, 1.54) is 5.39 Å². The molecule has 0 spiro atoms. The van der Waals surface area contributed by atoms with Crippen molar-refractivity contribution < 1.29 is 14.0 Å². The molecule has 9 nitrogen and oxygen atoms in total. The fourth-order valence-corrected chi connectivity index (χ4v) is 3.84. The first kappa shape index (κ1) is 23.2. The summed E-state index contributed by atoms with van der Waals surface area (Å²) in [6.07, 6.45) is 5.37. The molecule has 0 fully saturated rings. The first-order chi connectivity index (χ1) is 16.5. The average molecular weight is 461 g/mol. The topological polar surface area (TPSA) is 126 Å². The molecule has 0 radical (unpaired) electrons. The zero-order valence-electron chi connectivity index (χ0n) is 19.3. The van der Waals surface area contributed by atoms with Crippen molar-refractivity contribution in [3.05, 3.63) is 66.3 Å². The van der Waals surface area contributed by atoms with Crippen LogP contribution in [0.15, 0.2) is 53.1 Å². The van der Waals surface area contributed by atoms with E-state index in [2.05, 4.69) is 55.1 Å². The van der Waals surface area contributed by atoms with E-state index in [0.717, 1.165) is 35.9 Å². The third-order valence-corrected chi connectivity index (χ3v) is 5.69. The SMILES string of the molecule is CNC(=O)CCCCC[C@H](NC(=O)c1nnc(C)o1)c1ncc(-c2ccc3ccccc3c2)[nH]1. The van der Waals surface area contributed by atoms with E-state index in [0.29, 0.717) is 24.6 Å². The number of carbonyl (C=O) groups excluding carboxylic acids is 2. The molecular weight excluding hydrogens is 432 g/mol. The highest BCUT2D eigenvalue weighted by Gasteiger charge is 2.22. The summed E-state index contributed by atoms with van der Waals surface area (Å²) < 4.78 is 5.27. The van der Waals surface area contributed by atoms with Gasteiger partial charge in [-0.2, -0.15) is 0 Å². The van der Waals surface area contributed by atoms with Crippen LogP contribution in [0.5, 0.6) is 0 Å². The smallest absolute Gasteiger partial charge is 0.309 e. The number of hydrogen-bond donors (Lipinski definition) is 3. The van der Waals surface area contributed by atoms with Crippen LogP contribution in [-0.4, -0.2) is 39.0 Å². The summed E-state index contributed by atoms with van der Waals surface area (Å²) in [7, 11) is 1.64. The molecule has 3 N–H and O–H groups in total. The molecule has 2 aromatic heterocycles. The van der Waals surface area contributed by atoms with Gasteiger partial charge in [0.15, 0.2) is 0 Å². The van der Waals surface area contributed by atoms with Gasteiger partial charge in [-0.05, 0) is 29.7 Å². The molecule has 9 heteroatoms. The van der Waals surface area contributed by atoms with E-state index in [1.54, 1.807) is 20.2 Å². The van der Waals surface area contributed by atoms with Crippen molar-refractivity contribution in [1.29, 1.82) is 0 Å². The molecule has 2 amide bonds. The molecule has 0 aliphatic rings. The van der Waals surface area contributed by atoms with Crippen LogP contribution in [0, 0.1) is 6.92 Å². The Morgan fingerprint density at radius 2 is 1.88 bits per heavy atom. The Balaban J connectivity index is 1.49. The van der Waals surface area contributed by atoms with E-state index in [1.807, 2.05) is 18.2 Å². The van der Waals surface area contributed by atoms with Crippen molar-refractivity contribution in [2.24, 2.45) is 0 Å². The fraction of sp³-hybridized carbons (Fsp3) is 0.320. The van der Waals surface area contributed by atoms with E-state index in [9.17, 15) is 9.59 Å². The molecule has 0 bridgehead atoms. The zero-order valence-corrected chi connectivity index (χ0v) is 19.3. The number of amides is 2. The molecule has 34 heavy (non-hydrogen) atoms. The zero-order chi connectivity index (χ0) is 23.9. The number of nitrogens with zero attached hydrogens (tertiary/aromatic N) is 3. The third kappa shape index (κ3) is 5.67. The van der Waals surface area contributed by atoms with Crippen molar-refractivity contribution in [2.75, 3.05) is 7.05 Å². The molecular formula is C25H28N6O3. The molecule has 0 saturated carbocycles. The molecule has 2 aromatic carbocycles. The van der Waals surface area contributed by atoms with Gasteiger partial charge in [0, 0.05) is 26.0 Å². The Hall–Kier alpha value is -4.01. The number of benzene rings is 2. The van der Waals surface area contributed by atoms with Gasteiger partial charge in [0.2, 0.25) is 11.8 Å². The quantitative estimate of drug-likeness (QED) is 0.306. The van der Waals surface area contributed by atoms with Crippen molar-refractivity contribution in [3.63, 3.8) is 0 Å². The second-order valence-electron chi connectivity index (χ2n) is 8.17. The van der Waals surface area contributed by atoms with E-state index < -0.39 is 5.91 Å². The normalized spacial score (nSPS) is 11.9. The van der Waals surface area contributed by atoms with E-state index in [-0.39, 0.29) is 17.8 Å². The van der Waals surface area contributed by atoms with Gasteiger partial charge in [-0.25, -0.2) is 4.98 Å². The summed E-state index contributed by atoms with van der Waals surface area (Å²) in [6, 6.07) is 14.1. The number of H-pyrrole nitrogens is 1. The third-order valence-electron chi connectivity index (χ3n) is 5.69. The lowest BCUT2D eigenvalue weighted by atomic mass is 10.1. The van der Waals surface area contributed by atoms with Gasteiger partial charge in [-0.1, -0.05) is 49.2 Å². The Morgan fingerprint density at radius 3 is 2.65 bits per heavy atom. The monoisotopic (exact) mass is 460 g/mol. The molecule has 1 atom stereocenters. The van der Waals surface area contributed by atoms with Crippen LogP contribution < -0.4 is 10.6 Å².